The highest BCUT2D eigenvalue weighted by atomic mass is 16.8. The summed E-state index contributed by atoms with van der Waals surface area (Å²) in [6.07, 6.45) is -19.4. The fourth-order valence-corrected chi connectivity index (χ4v) is 15.3. The molecule has 9 rings (SSSR count). The molecule has 9 aliphatic rings. The van der Waals surface area contributed by atoms with Crippen molar-refractivity contribution in [1.82, 2.24) is 0 Å². The van der Waals surface area contributed by atoms with Crippen molar-refractivity contribution >= 4 is 0 Å². The summed E-state index contributed by atoms with van der Waals surface area (Å²) in [6.45, 7) is 11.1. The lowest BCUT2D eigenvalue weighted by Crippen LogP contribution is -2.66. The summed E-state index contributed by atoms with van der Waals surface area (Å²) in [5.41, 5.74) is 1.19. The number of allylic oxidation sites excluding steroid dienone is 1. The predicted octanol–water partition coefficient (Wildman–Crippen LogP) is -1.33. The van der Waals surface area contributed by atoms with E-state index in [2.05, 4.69) is 26.8 Å². The molecule has 5 saturated heterocycles. The lowest BCUT2D eigenvalue weighted by atomic mass is 9.47. The van der Waals surface area contributed by atoms with Crippen molar-refractivity contribution in [1.29, 1.82) is 0 Å². The molecular formula is C52H86O22. The molecule has 5 aliphatic heterocycles. The molecule has 22 heteroatoms. The third kappa shape index (κ3) is 10.1. The van der Waals surface area contributed by atoms with Crippen molar-refractivity contribution in [3.8, 4) is 0 Å². The van der Waals surface area contributed by atoms with E-state index in [0.29, 0.717) is 43.4 Å². The molecular weight excluding hydrogens is 977 g/mol. The number of ether oxygens (including phenoxy) is 10. The van der Waals surface area contributed by atoms with Gasteiger partial charge in [0.1, 0.15) is 85.5 Å². The monoisotopic (exact) mass is 1060 g/mol. The van der Waals surface area contributed by atoms with Crippen LogP contribution in [0.1, 0.15) is 99.3 Å². The molecule has 0 amide bonds. The molecule has 0 spiro atoms. The molecule has 22 nitrogen and oxygen atoms in total. The van der Waals surface area contributed by atoms with Crippen LogP contribution in [0.5, 0.6) is 0 Å². The van der Waals surface area contributed by atoms with Gasteiger partial charge >= 0.3 is 0 Å². The molecule has 426 valence electrons. The average molecular weight is 1060 g/mol. The Morgan fingerprint density at radius 3 is 1.86 bits per heavy atom. The Bertz CT molecular complexity index is 1920. The summed E-state index contributed by atoms with van der Waals surface area (Å²) in [4.78, 5) is 0. The molecule has 74 heavy (non-hydrogen) atoms. The Morgan fingerprint density at radius 1 is 0.649 bits per heavy atom. The third-order valence-corrected chi connectivity index (χ3v) is 19.8. The number of hydrogen-bond donors (Lipinski definition) is 12. The van der Waals surface area contributed by atoms with E-state index in [9.17, 15) is 61.3 Å². The number of rotatable bonds is 15. The minimum Gasteiger partial charge on any atom is -0.394 e. The Balaban J connectivity index is 0.854. The lowest BCUT2D eigenvalue weighted by Gasteiger charge is -2.58. The standard InChI is InChI=1S/C52H86O22/c1-21(20-66-46-40(61)39(60)36(57)31(18-53)70-46)10-15-52(65-7)22(2)33-30(74-52)17-29-27-9-8-25-16-26(11-13-50(25,5)28(27)12-14-51(29,33)6)69-49-45(73-48-42(63)38(59)35(56)24(4)68-48)43(64)44(32(19-54)71-49)72-47-41(62)37(58)34(55)23(3)67-47/h8,21-24,26-49,53-64H,9-20H2,1-7H3/t21-,22-,23-,24-,26+,27+,28-,29-,30-,31-,32-,33-,34-,35-,36-,37+,38+,39+,40-,41-,42-,43+,44-,45-,46-,47+,48+,49-,50+,51+,52+/m0/s1. The van der Waals surface area contributed by atoms with Crippen LogP contribution < -0.4 is 0 Å². The third-order valence-electron chi connectivity index (χ3n) is 19.8. The Kier molecular flexibility index (Phi) is 17.4. The van der Waals surface area contributed by atoms with E-state index in [0.717, 1.165) is 32.1 Å². The first-order valence-electron chi connectivity index (χ1n) is 27.2. The first kappa shape index (κ1) is 57.5. The minimum atomic E-state index is -1.74. The van der Waals surface area contributed by atoms with Gasteiger partial charge in [-0.3, -0.25) is 0 Å². The number of fused-ring (bicyclic) bond motifs is 7. The van der Waals surface area contributed by atoms with Crippen LogP contribution in [-0.4, -0.2) is 229 Å². The molecule has 0 aromatic rings. The van der Waals surface area contributed by atoms with E-state index in [1.165, 1.54) is 19.4 Å². The van der Waals surface area contributed by atoms with Gasteiger partial charge < -0.3 is 109 Å². The van der Waals surface area contributed by atoms with E-state index in [4.69, 9.17) is 47.4 Å². The van der Waals surface area contributed by atoms with Crippen LogP contribution in [0.3, 0.4) is 0 Å². The van der Waals surface area contributed by atoms with Crippen molar-refractivity contribution in [2.24, 2.45) is 46.3 Å². The Hall–Kier alpha value is -1.14. The van der Waals surface area contributed by atoms with Crippen LogP contribution in [0, 0.1) is 46.3 Å². The van der Waals surface area contributed by atoms with E-state index in [1.54, 1.807) is 7.11 Å². The molecule has 12 N–H and O–H groups in total. The molecule has 4 aliphatic carbocycles. The number of aliphatic hydroxyl groups is 12. The van der Waals surface area contributed by atoms with Gasteiger partial charge in [-0.15, -0.1) is 0 Å². The molecule has 31 atom stereocenters. The van der Waals surface area contributed by atoms with E-state index >= 15 is 0 Å². The fraction of sp³-hybridized carbons (Fsp3) is 0.962. The number of hydrogen-bond acceptors (Lipinski definition) is 22. The zero-order valence-corrected chi connectivity index (χ0v) is 43.7. The topological polar surface area (TPSA) is 335 Å². The normalized spacial score (nSPS) is 54.9. The van der Waals surface area contributed by atoms with Crippen molar-refractivity contribution < 1.29 is 109 Å². The first-order chi connectivity index (χ1) is 35.0. The van der Waals surface area contributed by atoms with Crippen molar-refractivity contribution in [2.45, 2.75) is 240 Å². The van der Waals surface area contributed by atoms with Crippen molar-refractivity contribution in [3.05, 3.63) is 11.6 Å². The molecule has 0 bridgehead atoms. The number of methoxy groups -OCH3 is 1. The largest absolute Gasteiger partial charge is 0.394 e. The van der Waals surface area contributed by atoms with Crippen LogP contribution in [0.15, 0.2) is 11.6 Å². The first-order valence-corrected chi connectivity index (χ1v) is 27.2. The van der Waals surface area contributed by atoms with Crippen LogP contribution >= 0.6 is 0 Å². The average Bonchev–Trinajstić information content (AvgIpc) is 3.84. The van der Waals surface area contributed by atoms with Gasteiger partial charge in [0.2, 0.25) is 0 Å². The maximum Gasteiger partial charge on any atom is 0.187 e. The second kappa shape index (κ2) is 22.4. The zero-order valence-electron chi connectivity index (χ0n) is 43.7. The summed E-state index contributed by atoms with van der Waals surface area (Å²) in [5, 5.41) is 127. The van der Waals surface area contributed by atoms with Gasteiger partial charge in [-0.2, -0.15) is 0 Å². The van der Waals surface area contributed by atoms with Crippen LogP contribution in [0.2, 0.25) is 0 Å². The smallest absolute Gasteiger partial charge is 0.187 e. The second-order valence-corrected chi connectivity index (χ2v) is 24.0. The highest BCUT2D eigenvalue weighted by Gasteiger charge is 2.68. The molecule has 8 fully saturated rings. The maximum atomic E-state index is 12.1. The highest BCUT2D eigenvalue weighted by Crippen LogP contribution is 2.70. The quantitative estimate of drug-likeness (QED) is 0.0846. The van der Waals surface area contributed by atoms with Crippen LogP contribution in [0.4, 0.5) is 0 Å². The molecule has 0 unspecified atom stereocenters. The van der Waals surface area contributed by atoms with Gasteiger partial charge in [0.15, 0.2) is 30.9 Å². The summed E-state index contributed by atoms with van der Waals surface area (Å²) < 4.78 is 61.5. The Labute approximate surface area is 432 Å². The predicted molar refractivity (Wildman–Crippen MR) is 254 cm³/mol. The summed E-state index contributed by atoms with van der Waals surface area (Å²) in [6, 6.07) is 0. The number of aliphatic hydroxyl groups excluding tert-OH is 12. The molecule has 5 heterocycles. The summed E-state index contributed by atoms with van der Waals surface area (Å²) in [7, 11) is 1.72. The summed E-state index contributed by atoms with van der Waals surface area (Å²) >= 11 is 0. The van der Waals surface area contributed by atoms with Crippen molar-refractivity contribution in [2.75, 3.05) is 26.9 Å². The fourth-order valence-electron chi connectivity index (χ4n) is 15.3. The minimum absolute atomic E-state index is 0.00465. The molecule has 0 radical (unpaired) electrons. The molecule has 0 aromatic carbocycles. The van der Waals surface area contributed by atoms with Gasteiger partial charge in [0.05, 0.1) is 44.2 Å². The van der Waals surface area contributed by atoms with E-state index < -0.39 is 148 Å². The van der Waals surface area contributed by atoms with Gasteiger partial charge in [-0.25, -0.2) is 0 Å². The van der Waals surface area contributed by atoms with Gasteiger partial charge in [0.25, 0.3) is 0 Å². The highest BCUT2D eigenvalue weighted by molar-refractivity contribution is 5.26. The van der Waals surface area contributed by atoms with Crippen LogP contribution in [-0.2, 0) is 47.4 Å². The van der Waals surface area contributed by atoms with Gasteiger partial charge in [0, 0.05) is 19.4 Å². The molecule has 3 saturated carbocycles. The van der Waals surface area contributed by atoms with E-state index in [-0.39, 0.29) is 41.3 Å². The van der Waals surface area contributed by atoms with Gasteiger partial charge in [-0.05, 0) is 106 Å². The van der Waals surface area contributed by atoms with E-state index in [1.807, 2.05) is 6.92 Å². The SMILES string of the molecule is CO[C@]1(CC[C@H](C)CO[C@H]2O[C@@H](CO)[C@H](O)[C@@H](O)[C@@H]2O)O[C@H]2C[C@H]3[C@@H]4CC=C5C[C@H](O[C@H]6O[C@@H](CO)[C@H](O[C@H]7O[C@@H](C)[C@H](O)[C@@H](O)[C@@H]7O)[C@@H](O)[C@@H]6O[C@H]6O[C@@H](C)[C@H](O)[C@@H](O)[C@@H]6O)CC[C@@]5(C)[C@H]4CC[C@@]3(C)[C@H]2[C@@H]1C. The lowest BCUT2D eigenvalue weighted by molar-refractivity contribution is -0.388. The second-order valence-electron chi connectivity index (χ2n) is 24.0. The Morgan fingerprint density at radius 2 is 1.24 bits per heavy atom. The van der Waals surface area contributed by atoms with Gasteiger partial charge in [-0.1, -0.05) is 39.3 Å². The zero-order chi connectivity index (χ0) is 53.5. The molecule has 0 aromatic heterocycles. The van der Waals surface area contributed by atoms with Crippen molar-refractivity contribution in [3.63, 3.8) is 0 Å². The summed E-state index contributed by atoms with van der Waals surface area (Å²) in [5.74, 6) is 0.884. The maximum absolute atomic E-state index is 12.1. The van der Waals surface area contributed by atoms with Crippen LogP contribution in [0.25, 0.3) is 0 Å².